The van der Waals surface area contributed by atoms with Crippen LogP contribution in [0, 0.1) is 5.92 Å². The Kier molecular flexibility index (Phi) is 2.82. The Bertz CT molecular complexity index is 348. The van der Waals surface area contributed by atoms with Crippen molar-refractivity contribution in [1.29, 1.82) is 0 Å². The van der Waals surface area contributed by atoms with E-state index in [1.807, 2.05) is 30.4 Å². The van der Waals surface area contributed by atoms with Crippen molar-refractivity contribution in [3.05, 3.63) is 66.6 Å². The van der Waals surface area contributed by atoms with E-state index in [1.54, 1.807) is 12.5 Å². The van der Waals surface area contributed by atoms with Gasteiger partial charge in [-0.05, 0) is 17.7 Å². The van der Waals surface area contributed by atoms with Gasteiger partial charge in [-0.15, -0.1) is 0 Å². The minimum atomic E-state index is 0.351. The molecule has 1 aliphatic rings. The van der Waals surface area contributed by atoms with E-state index in [4.69, 9.17) is 4.74 Å². The Balaban J connectivity index is 2.03. The first kappa shape index (κ1) is 8.82. The molecule has 1 heteroatoms. The van der Waals surface area contributed by atoms with Crippen LogP contribution in [0.4, 0.5) is 0 Å². The van der Waals surface area contributed by atoms with Gasteiger partial charge in [-0.25, -0.2) is 0 Å². The molecule has 0 amide bonds. The van der Waals surface area contributed by atoms with Crippen molar-refractivity contribution in [2.75, 3.05) is 0 Å². The topological polar surface area (TPSA) is 9.23 Å². The van der Waals surface area contributed by atoms with Crippen molar-refractivity contribution < 1.29 is 4.74 Å². The first-order chi connectivity index (χ1) is 6.95. The molecule has 0 saturated carbocycles. The second-order valence-corrected chi connectivity index (χ2v) is 3.14. The molecule has 0 atom stereocenters. The zero-order valence-corrected chi connectivity index (χ0v) is 7.84. The van der Waals surface area contributed by atoms with Gasteiger partial charge < -0.3 is 4.74 Å². The van der Waals surface area contributed by atoms with E-state index >= 15 is 0 Å². The van der Waals surface area contributed by atoms with Gasteiger partial charge in [0.25, 0.3) is 0 Å². The van der Waals surface area contributed by atoms with E-state index in [2.05, 4.69) is 24.3 Å². The number of benzene rings is 1. The summed E-state index contributed by atoms with van der Waals surface area (Å²) in [5, 5.41) is 0. The Morgan fingerprint density at radius 2 is 1.71 bits per heavy atom. The van der Waals surface area contributed by atoms with Gasteiger partial charge in [0.1, 0.15) is 0 Å². The van der Waals surface area contributed by atoms with E-state index in [1.165, 1.54) is 5.56 Å². The van der Waals surface area contributed by atoms with E-state index in [0.29, 0.717) is 5.92 Å². The van der Waals surface area contributed by atoms with Crippen molar-refractivity contribution in [2.24, 2.45) is 5.92 Å². The van der Waals surface area contributed by atoms with Gasteiger partial charge >= 0.3 is 0 Å². The maximum atomic E-state index is 4.96. The minimum Gasteiger partial charge on any atom is -0.473 e. The maximum absolute atomic E-state index is 4.96. The fourth-order valence-electron chi connectivity index (χ4n) is 1.30. The molecule has 70 valence electrons. The Hall–Kier alpha value is -1.76. The van der Waals surface area contributed by atoms with Crippen LogP contribution in [-0.2, 0) is 4.74 Å². The van der Waals surface area contributed by atoms with Gasteiger partial charge in [-0.1, -0.05) is 42.5 Å². The predicted octanol–water partition coefficient (Wildman–Crippen LogP) is 3.37. The van der Waals surface area contributed by atoms with Crippen molar-refractivity contribution in [3.63, 3.8) is 0 Å². The molecule has 0 unspecified atom stereocenters. The molecular weight excluding hydrogens is 172 g/mol. The molecule has 0 bridgehead atoms. The lowest BCUT2D eigenvalue weighted by atomic mass is 10.1. The third kappa shape index (κ3) is 2.36. The summed E-state index contributed by atoms with van der Waals surface area (Å²) in [6.07, 6.45) is 11.7. The van der Waals surface area contributed by atoms with Gasteiger partial charge in [-0.2, -0.15) is 0 Å². The molecule has 0 aliphatic carbocycles. The molecule has 0 N–H and O–H groups in total. The normalized spacial score (nSPS) is 16.0. The molecule has 1 nitrogen and oxygen atoms in total. The summed E-state index contributed by atoms with van der Waals surface area (Å²) in [6.45, 7) is 0. The first-order valence-electron chi connectivity index (χ1n) is 4.67. The lowest BCUT2D eigenvalue weighted by Gasteiger charge is -2.04. The Morgan fingerprint density at radius 3 is 2.43 bits per heavy atom. The standard InChI is InChI=1S/C13H12O/c1-2-4-12(5-3-1)6-7-13-8-10-14-11-9-13/h1-11,13H/b7-6-. The number of rotatable bonds is 2. The van der Waals surface area contributed by atoms with Gasteiger partial charge in [0.15, 0.2) is 0 Å². The average Bonchev–Trinajstić information content (AvgIpc) is 2.29. The Morgan fingerprint density at radius 1 is 1.00 bits per heavy atom. The molecule has 0 spiro atoms. The van der Waals surface area contributed by atoms with Crippen molar-refractivity contribution >= 4 is 6.08 Å². The Labute approximate surface area is 84.0 Å². The minimum absolute atomic E-state index is 0.351. The fourth-order valence-corrected chi connectivity index (χ4v) is 1.30. The lowest BCUT2D eigenvalue weighted by molar-refractivity contribution is 0.388. The molecule has 1 heterocycles. The summed E-state index contributed by atoms with van der Waals surface area (Å²) >= 11 is 0. The van der Waals surface area contributed by atoms with Crippen LogP contribution in [0.3, 0.4) is 0 Å². The highest BCUT2D eigenvalue weighted by Crippen LogP contribution is 2.11. The van der Waals surface area contributed by atoms with Gasteiger partial charge in [0.05, 0.1) is 12.5 Å². The van der Waals surface area contributed by atoms with E-state index in [0.717, 1.165) is 0 Å². The number of allylic oxidation sites excluding steroid dienone is 3. The van der Waals surface area contributed by atoms with Crippen molar-refractivity contribution in [1.82, 2.24) is 0 Å². The molecule has 1 aliphatic heterocycles. The summed E-state index contributed by atoms with van der Waals surface area (Å²) in [5.41, 5.74) is 1.22. The predicted molar refractivity (Wildman–Crippen MR) is 58.3 cm³/mol. The molecular formula is C13H12O. The molecule has 0 fully saturated rings. The maximum Gasteiger partial charge on any atom is 0.0870 e. The van der Waals surface area contributed by atoms with Gasteiger partial charge in [0.2, 0.25) is 0 Å². The second kappa shape index (κ2) is 4.47. The van der Waals surface area contributed by atoms with Gasteiger partial charge in [-0.3, -0.25) is 0 Å². The van der Waals surface area contributed by atoms with Crippen LogP contribution in [0.2, 0.25) is 0 Å². The summed E-state index contributed by atoms with van der Waals surface area (Å²) in [6, 6.07) is 10.3. The van der Waals surface area contributed by atoms with E-state index in [9.17, 15) is 0 Å². The second-order valence-electron chi connectivity index (χ2n) is 3.14. The summed E-state index contributed by atoms with van der Waals surface area (Å²) in [7, 11) is 0. The highest BCUT2D eigenvalue weighted by Gasteiger charge is 1.97. The quantitative estimate of drug-likeness (QED) is 0.684. The van der Waals surface area contributed by atoms with Crippen LogP contribution >= 0.6 is 0 Å². The monoisotopic (exact) mass is 184 g/mol. The average molecular weight is 184 g/mol. The molecule has 1 aromatic rings. The summed E-state index contributed by atoms with van der Waals surface area (Å²) in [5.74, 6) is 0.351. The number of hydrogen-bond donors (Lipinski definition) is 0. The molecule has 1 aromatic carbocycles. The molecule has 14 heavy (non-hydrogen) atoms. The van der Waals surface area contributed by atoms with Crippen LogP contribution in [0.5, 0.6) is 0 Å². The number of ether oxygens (including phenoxy) is 1. The fraction of sp³-hybridized carbons (Fsp3) is 0.0769. The smallest absolute Gasteiger partial charge is 0.0870 e. The van der Waals surface area contributed by atoms with Crippen LogP contribution in [0.15, 0.2) is 61.1 Å². The highest BCUT2D eigenvalue weighted by molar-refractivity contribution is 5.49. The summed E-state index contributed by atoms with van der Waals surface area (Å²) in [4.78, 5) is 0. The van der Waals surface area contributed by atoms with Gasteiger partial charge in [0, 0.05) is 5.92 Å². The third-order valence-electron chi connectivity index (χ3n) is 2.07. The first-order valence-corrected chi connectivity index (χ1v) is 4.67. The SMILES string of the molecule is C1=CC(/C=C\c2ccccc2)C=CO1. The zero-order valence-electron chi connectivity index (χ0n) is 7.84. The van der Waals surface area contributed by atoms with Crippen LogP contribution in [-0.4, -0.2) is 0 Å². The third-order valence-corrected chi connectivity index (χ3v) is 2.07. The highest BCUT2D eigenvalue weighted by atomic mass is 16.5. The van der Waals surface area contributed by atoms with Crippen LogP contribution < -0.4 is 0 Å². The van der Waals surface area contributed by atoms with Crippen molar-refractivity contribution in [2.45, 2.75) is 0 Å². The zero-order chi connectivity index (χ0) is 9.64. The van der Waals surface area contributed by atoms with E-state index in [-0.39, 0.29) is 0 Å². The van der Waals surface area contributed by atoms with Crippen molar-refractivity contribution in [3.8, 4) is 0 Å². The molecule has 2 rings (SSSR count). The largest absolute Gasteiger partial charge is 0.473 e. The van der Waals surface area contributed by atoms with Crippen LogP contribution in [0.25, 0.3) is 6.08 Å². The summed E-state index contributed by atoms with van der Waals surface area (Å²) < 4.78 is 4.96. The molecule has 0 saturated heterocycles. The lowest BCUT2D eigenvalue weighted by Crippen LogP contribution is -1.90. The van der Waals surface area contributed by atoms with Crippen LogP contribution in [0.1, 0.15) is 5.56 Å². The molecule has 0 radical (unpaired) electrons. The number of hydrogen-bond acceptors (Lipinski definition) is 1. The van der Waals surface area contributed by atoms with E-state index < -0.39 is 0 Å². The molecule has 0 aromatic heterocycles.